The lowest BCUT2D eigenvalue weighted by molar-refractivity contribution is -0.385. The van der Waals surface area contributed by atoms with E-state index in [2.05, 4.69) is 20.3 Å². The molecule has 0 aromatic carbocycles. The maximum absolute atomic E-state index is 11.5. The molecule has 19 heavy (non-hydrogen) atoms. The van der Waals surface area contributed by atoms with Gasteiger partial charge in [0.15, 0.2) is 0 Å². The Morgan fingerprint density at radius 2 is 2.11 bits per heavy atom. The normalized spacial score (nSPS) is 10.2. The van der Waals surface area contributed by atoms with Crippen molar-refractivity contribution in [2.45, 2.75) is 6.54 Å². The van der Waals surface area contributed by atoms with Gasteiger partial charge in [0.2, 0.25) is 0 Å². The smallest absolute Gasteiger partial charge is 0.348 e. The van der Waals surface area contributed by atoms with Gasteiger partial charge in [-0.1, -0.05) is 0 Å². The molecule has 2 aromatic heterocycles. The second-order valence-electron chi connectivity index (χ2n) is 3.62. The number of hydrogen-bond donors (Lipinski definition) is 1. The quantitative estimate of drug-likeness (QED) is 0.610. The highest BCUT2D eigenvalue weighted by Crippen LogP contribution is 2.06. The molecule has 0 fully saturated rings. The van der Waals surface area contributed by atoms with Gasteiger partial charge in [0.1, 0.15) is 12.0 Å². The molecule has 9 nitrogen and oxygen atoms in total. The fourth-order valence-corrected chi connectivity index (χ4v) is 1.39. The van der Waals surface area contributed by atoms with E-state index in [-0.39, 0.29) is 12.2 Å². The lowest BCUT2D eigenvalue weighted by Gasteiger charge is -2.04. The third-order valence-electron chi connectivity index (χ3n) is 2.35. The van der Waals surface area contributed by atoms with Gasteiger partial charge in [-0.15, -0.1) is 0 Å². The van der Waals surface area contributed by atoms with Gasteiger partial charge in [-0.3, -0.25) is 19.7 Å². The zero-order valence-electron chi connectivity index (χ0n) is 9.98. The van der Waals surface area contributed by atoms with E-state index in [1.54, 1.807) is 7.05 Å². The van der Waals surface area contributed by atoms with E-state index in [1.165, 1.54) is 12.4 Å². The number of rotatable bonds is 4. The third kappa shape index (κ3) is 2.89. The molecule has 2 heterocycles. The second-order valence-corrected chi connectivity index (χ2v) is 3.62. The summed E-state index contributed by atoms with van der Waals surface area (Å²) in [5.74, 6) is 0.591. The van der Waals surface area contributed by atoms with Crippen LogP contribution in [0, 0.1) is 10.1 Å². The van der Waals surface area contributed by atoms with Gasteiger partial charge in [-0.05, 0) is 0 Å². The predicted octanol–water partition coefficient (Wildman–Crippen LogP) is 0.0315. The maximum Gasteiger partial charge on any atom is 0.348 e. The summed E-state index contributed by atoms with van der Waals surface area (Å²) in [5.41, 5.74) is -0.326. The molecule has 0 atom stereocenters. The number of hydrogen-bond acceptors (Lipinski definition) is 7. The van der Waals surface area contributed by atoms with E-state index in [9.17, 15) is 14.9 Å². The monoisotopic (exact) mass is 262 g/mol. The Morgan fingerprint density at radius 3 is 2.68 bits per heavy atom. The van der Waals surface area contributed by atoms with Crippen LogP contribution in [0.2, 0.25) is 0 Å². The first-order valence-corrected chi connectivity index (χ1v) is 5.29. The summed E-state index contributed by atoms with van der Waals surface area (Å²) >= 11 is 0. The number of nitrogens with one attached hydrogen (secondary N) is 1. The van der Waals surface area contributed by atoms with Crippen LogP contribution in [0.4, 0.5) is 11.5 Å². The highest BCUT2D eigenvalue weighted by molar-refractivity contribution is 5.29. The van der Waals surface area contributed by atoms with Gasteiger partial charge in [-0.2, -0.15) is 4.98 Å². The minimum Gasteiger partial charge on any atom is -0.372 e. The third-order valence-corrected chi connectivity index (χ3v) is 2.35. The standard InChI is InChI=1S/C10H10N6O3/c1-11-9-4-12-7(2-13-9)5-15-6-8(16(18)19)3-14-10(15)17/h2-4,6H,5H2,1H3,(H,11,13). The van der Waals surface area contributed by atoms with Crippen LogP contribution < -0.4 is 11.0 Å². The van der Waals surface area contributed by atoms with Crippen LogP contribution in [0.1, 0.15) is 5.69 Å². The van der Waals surface area contributed by atoms with Crippen LogP contribution in [0.15, 0.2) is 29.6 Å². The molecule has 0 saturated heterocycles. The molecule has 2 rings (SSSR count). The summed E-state index contributed by atoms with van der Waals surface area (Å²) in [6.07, 6.45) is 5.04. The molecule has 0 radical (unpaired) electrons. The number of nitro groups is 1. The van der Waals surface area contributed by atoms with Gasteiger partial charge < -0.3 is 5.32 Å². The maximum atomic E-state index is 11.5. The summed E-state index contributed by atoms with van der Waals surface area (Å²) in [7, 11) is 1.71. The van der Waals surface area contributed by atoms with Crippen LogP contribution >= 0.6 is 0 Å². The molecule has 0 aliphatic carbocycles. The average molecular weight is 262 g/mol. The van der Waals surface area contributed by atoms with Crippen LogP contribution in [0.25, 0.3) is 0 Å². The van der Waals surface area contributed by atoms with Crippen molar-refractivity contribution in [2.75, 3.05) is 12.4 Å². The van der Waals surface area contributed by atoms with Crippen molar-refractivity contribution in [1.29, 1.82) is 0 Å². The van der Waals surface area contributed by atoms with Crippen LogP contribution in [0.3, 0.4) is 0 Å². The minimum absolute atomic E-state index is 0.0739. The van der Waals surface area contributed by atoms with E-state index in [0.29, 0.717) is 11.5 Å². The van der Waals surface area contributed by atoms with Crippen molar-refractivity contribution in [1.82, 2.24) is 19.5 Å². The molecule has 0 saturated carbocycles. The second kappa shape index (κ2) is 5.21. The average Bonchev–Trinajstić information content (AvgIpc) is 2.42. The highest BCUT2D eigenvalue weighted by Gasteiger charge is 2.09. The molecular formula is C10H10N6O3. The fraction of sp³-hybridized carbons (Fsp3) is 0.200. The van der Waals surface area contributed by atoms with Crippen molar-refractivity contribution in [3.8, 4) is 0 Å². The Balaban J connectivity index is 2.29. The highest BCUT2D eigenvalue weighted by atomic mass is 16.6. The SMILES string of the molecule is CNc1cnc(Cn2cc([N+](=O)[O-])cnc2=O)cn1. The molecule has 0 aliphatic heterocycles. The summed E-state index contributed by atoms with van der Waals surface area (Å²) < 4.78 is 1.11. The first kappa shape index (κ1) is 12.6. The Kier molecular flexibility index (Phi) is 3.46. The number of aromatic nitrogens is 4. The number of nitrogens with zero attached hydrogens (tertiary/aromatic N) is 5. The first-order valence-electron chi connectivity index (χ1n) is 5.29. The largest absolute Gasteiger partial charge is 0.372 e. The Labute approximate surface area is 107 Å². The minimum atomic E-state index is -0.612. The number of anilines is 1. The summed E-state index contributed by atoms with van der Waals surface area (Å²) in [6, 6.07) is 0. The Morgan fingerprint density at radius 1 is 1.32 bits per heavy atom. The fourth-order valence-electron chi connectivity index (χ4n) is 1.39. The molecule has 0 bridgehead atoms. The topological polar surface area (TPSA) is 116 Å². The van der Waals surface area contributed by atoms with Crippen LogP contribution in [-0.2, 0) is 6.54 Å². The van der Waals surface area contributed by atoms with E-state index in [0.717, 1.165) is 17.0 Å². The summed E-state index contributed by atoms with van der Waals surface area (Å²) in [5, 5.41) is 13.4. The van der Waals surface area contributed by atoms with E-state index >= 15 is 0 Å². The molecule has 1 N–H and O–H groups in total. The van der Waals surface area contributed by atoms with Gasteiger partial charge in [0.25, 0.3) is 0 Å². The van der Waals surface area contributed by atoms with Crippen molar-refractivity contribution >= 4 is 11.5 Å². The molecular weight excluding hydrogens is 252 g/mol. The van der Waals surface area contributed by atoms with Crippen molar-refractivity contribution in [3.63, 3.8) is 0 Å². The van der Waals surface area contributed by atoms with Gasteiger partial charge >= 0.3 is 11.4 Å². The van der Waals surface area contributed by atoms with Crippen molar-refractivity contribution < 1.29 is 4.92 Å². The Bertz CT molecular complexity index is 651. The first-order chi connectivity index (χ1) is 9.10. The molecule has 98 valence electrons. The van der Waals surface area contributed by atoms with E-state index < -0.39 is 10.6 Å². The van der Waals surface area contributed by atoms with Gasteiger partial charge in [0.05, 0.1) is 35.8 Å². The predicted molar refractivity (Wildman–Crippen MR) is 65.8 cm³/mol. The lowest BCUT2D eigenvalue weighted by Crippen LogP contribution is -2.23. The van der Waals surface area contributed by atoms with E-state index in [4.69, 9.17) is 0 Å². The van der Waals surface area contributed by atoms with Gasteiger partial charge in [0, 0.05) is 7.05 Å². The molecule has 0 amide bonds. The molecule has 0 aliphatic rings. The Hall–Kier alpha value is -2.84. The van der Waals surface area contributed by atoms with Crippen molar-refractivity contribution in [2.24, 2.45) is 0 Å². The molecule has 2 aromatic rings. The molecule has 0 unspecified atom stereocenters. The summed E-state index contributed by atoms with van der Waals surface area (Å²) in [4.78, 5) is 33.0. The molecule has 0 spiro atoms. The molecule has 9 heteroatoms. The van der Waals surface area contributed by atoms with Crippen LogP contribution in [-0.4, -0.2) is 31.5 Å². The van der Waals surface area contributed by atoms with E-state index in [1.807, 2.05) is 0 Å². The van der Waals surface area contributed by atoms with Crippen LogP contribution in [0.5, 0.6) is 0 Å². The van der Waals surface area contributed by atoms with Crippen molar-refractivity contribution in [3.05, 3.63) is 51.1 Å². The lowest BCUT2D eigenvalue weighted by atomic mass is 10.4. The zero-order valence-corrected chi connectivity index (χ0v) is 9.98. The zero-order chi connectivity index (χ0) is 13.8. The van der Waals surface area contributed by atoms with Gasteiger partial charge in [-0.25, -0.2) is 9.78 Å². The summed E-state index contributed by atoms with van der Waals surface area (Å²) in [6.45, 7) is 0.0739.